The lowest BCUT2D eigenvalue weighted by molar-refractivity contribution is -0.128. The van der Waals surface area contributed by atoms with Crippen LogP contribution in [-0.4, -0.2) is 490 Å². The van der Waals surface area contributed by atoms with Crippen molar-refractivity contribution in [3.05, 3.63) is 36.2 Å². The van der Waals surface area contributed by atoms with Gasteiger partial charge in [0.05, 0.1) is 369 Å². The molecule has 0 aliphatic rings. The molecule has 14 N–H and O–H groups in total. The normalized spacial score (nSPS) is 11.2. The van der Waals surface area contributed by atoms with Crippen LogP contribution in [0.4, 0.5) is 4.79 Å². The second-order valence-corrected chi connectivity index (χ2v) is 31.4. The minimum absolute atomic E-state index is 0.0556. The van der Waals surface area contributed by atoms with E-state index in [0.717, 1.165) is 32.7 Å². The molecular weight excluding hydrogens is 1910 g/mol. The Balaban J connectivity index is 0.00000234. The summed E-state index contributed by atoms with van der Waals surface area (Å²) >= 11 is 0. The average Bonchev–Trinajstić information content (AvgIpc) is 1.78. The molecule has 2 aromatic rings. The summed E-state index contributed by atoms with van der Waals surface area (Å²) in [5.74, 6) is -3.86. The number of methoxy groups -OCH3 is 1. The van der Waals surface area contributed by atoms with Gasteiger partial charge in [-0.2, -0.15) is 11.0 Å². The molecule has 55 heteroatoms. The van der Waals surface area contributed by atoms with Crippen molar-refractivity contribution < 1.29 is 177 Å². The van der Waals surface area contributed by atoms with E-state index in [2.05, 4.69) is 122 Å². The molecule has 0 saturated heterocycles. The van der Waals surface area contributed by atoms with Gasteiger partial charge in [-0.05, 0) is 30.8 Å². The Kier molecular flexibility index (Phi) is 98.3. The molecule has 0 aliphatic carbocycles. The van der Waals surface area contributed by atoms with Crippen LogP contribution < -0.4 is 64.1 Å². The topological polar surface area (TPSA) is 640 Å². The highest BCUT2D eigenvalue weighted by atomic mass is 16.6. The van der Waals surface area contributed by atoms with E-state index < -0.39 is 66.4 Å². The number of hydroxylamine groups is 2. The van der Waals surface area contributed by atoms with E-state index in [9.17, 15) is 43.2 Å². The Morgan fingerprint density at radius 2 is 0.535 bits per heavy atom. The molecule has 2 heterocycles. The summed E-state index contributed by atoms with van der Waals surface area (Å²) in [7, 11) is 1.63. The number of rotatable bonds is 103. The number of nitrogens with zero attached hydrogens (tertiary/aromatic N) is 6. The van der Waals surface area contributed by atoms with Crippen molar-refractivity contribution in [3.63, 3.8) is 0 Å². The highest BCUT2D eigenvalue weighted by Gasteiger charge is 2.16. The number of hydrogen-bond acceptors (Lipinski definition) is 44. The Morgan fingerprint density at radius 1 is 0.306 bits per heavy atom. The molecule has 0 aromatic carbocycles. The summed E-state index contributed by atoms with van der Waals surface area (Å²) in [5, 5.41) is 56.9. The van der Waals surface area contributed by atoms with Crippen LogP contribution in [0.2, 0.25) is 0 Å². The Bertz CT molecular complexity index is 3350. The SMILES string of the molecule is C=C(NCCNC(=O)CNC(=O)CNC(=O)CNC(=O)CNO)OCc1cn(CCOCCOCCOCCOCCOCCOCCOC)nn1.CC(C)COCCOCCOCCOCCOCCOCCOCCOCCOCCOCCOCCn1cc(COC(=O)NCCNC(=O)CNC(=O)CNC(=O)CNC(=O)CNO)nn1.CCCOCCOCCOCCOCCOCCOCCC(C)(C)C. The summed E-state index contributed by atoms with van der Waals surface area (Å²) in [6, 6.07) is 0. The van der Waals surface area contributed by atoms with Gasteiger partial charge in [-0.25, -0.2) is 14.2 Å². The summed E-state index contributed by atoms with van der Waals surface area (Å²) in [5.41, 5.74) is 4.63. The zero-order valence-electron chi connectivity index (χ0n) is 85.8. The van der Waals surface area contributed by atoms with Gasteiger partial charge in [-0.1, -0.05) is 52.0 Å². The third-order valence-electron chi connectivity index (χ3n) is 17.2. The van der Waals surface area contributed by atoms with Crippen LogP contribution in [-0.2, 0) is 188 Å². The molecule has 838 valence electrons. The molecule has 0 fully saturated rings. The largest absolute Gasteiger partial charge is 0.473 e. The molecule has 0 aliphatic heterocycles. The van der Waals surface area contributed by atoms with E-state index in [1.54, 1.807) is 39.8 Å². The number of amides is 9. The second-order valence-electron chi connectivity index (χ2n) is 31.4. The van der Waals surface area contributed by atoms with E-state index >= 15 is 0 Å². The van der Waals surface area contributed by atoms with Gasteiger partial charge in [0.15, 0.2) is 5.88 Å². The summed E-state index contributed by atoms with van der Waals surface area (Å²) in [4.78, 5) is 105. The maximum absolute atomic E-state index is 12.0. The summed E-state index contributed by atoms with van der Waals surface area (Å²) in [6.45, 7) is 40.0. The van der Waals surface area contributed by atoms with Gasteiger partial charge in [-0.3, -0.25) is 38.4 Å². The minimum atomic E-state index is -0.730. The van der Waals surface area contributed by atoms with E-state index in [1.807, 2.05) is 0 Å². The quantitative estimate of drug-likeness (QED) is 0.0169. The molecule has 0 atom stereocenters. The minimum Gasteiger partial charge on any atom is -0.473 e. The number of carbonyl (C=O) groups excluding carboxylic acids is 9. The Morgan fingerprint density at radius 3 is 0.799 bits per heavy atom. The van der Waals surface area contributed by atoms with Crippen LogP contribution in [0.25, 0.3) is 0 Å². The highest BCUT2D eigenvalue weighted by Crippen LogP contribution is 2.18. The fraction of sp³-hybridized carbons (Fsp3) is 0.831. The predicted octanol–water partition coefficient (Wildman–Crippen LogP) is -4.24. The van der Waals surface area contributed by atoms with Crippen molar-refractivity contribution >= 4 is 53.4 Å². The van der Waals surface area contributed by atoms with Crippen molar-refractivity contribution in [3.8, 4) is 0 Å². The first kappa shape index (κ1) is 136. The first-order chi connectivity index (χ1) is 70.1. The third-order valence-corrected chi connectivity index (χ3v) is 17.2. The second kappa shape index (κ2) is 104. The highest BCUT2D eigenvalue weighted by molar-refractivity contribution is 5.91. The maximum Gasteiger partial charge on any atom is 0.407 e. The van der Waals surface area contributed by atoms with Crippen molar-refractivity contribution in [2.45, 2.75) is 80.7 Å². The molecule has 9 amide bonds. The van der Waals surface area contributed by atoms with E-state index in [4.69, 9.17) is 134 Å². The summed E-state index contributed by atoms with van der Waals surface area (Å²) < 4.78 is 144. The number of alkyl carbamates (subject to hydrolysis) is 1. The standard InChI is InChI=1S/C40H75N9O18.C30H55N9O13.C19H40O6/c1-34(2)32-66-26-25-65-24-23-64-22-21-63-20-19-62-18-17-61-16-15-60-14-13-59-12-11-58-10-9-57-8-7-56-6-5-49-31-35(47-48-49)33-67-40(54)42-4-3-41-36(50)27-43-37(51)28-44-38(52)29-45-39(53)30-46-55;1-25(31-3-4-32-27(40)19-33-28(41)20-34-29(42)21-35-30(43)22-36-44)52-24-26-23-39(38-37-26)5-6-46-9-10-48-13-14-50-17-18-51-16-15-49-12-11-47-8-7-45-2;1-5-7-20-9-11-22-13-15-24-17-18-25-16-14-23-12-10-21-8-6-19(2,3)4/h31,34,46,55H,3-30,32-33H2,1-2H3,(H,41,50)(H,42,54)(H,43,51)(H,44,52)(H,45,53);23,31,36,44H,1,3-22,24H2,2H3,(H,32,40)(H,33,41)(H,34,42)(H,35,43);5-18H2,1-4H3. The zero-order valence-corrected chi connectivity index (χ0v) is 85.8. The molecule has 0 radical (unpaired) electrons. The average molecular weight is 2080 g/mol. The first-order valence-electron chi connectivity index (χ1n) is 48.5. The Labute approximate surface area is 845 Å². The fourth-order valence-corrected chi connectivity index (χ4v) is 9.82. The van der Waals surface area contributed by atoms with E-state index in [-0.39, 0.29) is 78.0 Å². The zero-order chi connectivity index (χ0) is 105. The fourth-order valence-electron chi connectivity index (χ4n) is 9.82. The molecule has 0 spiro atoms. The number of ether oxygens (including phenoxy) is 26. The molecule has 0 unspecified atom stereocenters. The van der Waals surface area contributed by atoms with Gasteiger partial charge >= 0.3 is 6.09 Å². The van der Waals surface area contributed by atoms with Gasteiger partial charge in [0.2, 0.25) is 47.3 Å². The smallest absolute Gasteiger partial charge is 0.407 e. The van der Waals surface area contributed by atoms with E-state index in [0.29, 0.717) is 333 Å². The van der Waals surface area contributed by atoms with Crippen molar-refractivity contribution in [1.82, 2.24) is 94.1 Å². The van der Waals surface area contributed by atoms with Crippen molar-refractivity contribution in [2.75, 3.05) is 396 Å². The van der Waals surface area contributed by atoms with Crippen LogP contribution in [0.5, 0.6) is 0 Å². The molecule has 2 aromatic heterocycles. The third kappa shape index (κ3) is 104. The van der Waals surface area contributed by atoms with Crippen molar-refractivity contribution in [2.24, 2.45) is 11.3 Å². The van der Waals surface area contributed by atoms with Gasteiger partial charge in [0, 0.05) is 53.1 Å². The lowest BCUT2D eigenvalue weighted by atomic mass is 9.93. The predicted molar refractivity (Wildman–Crippen MR) is 514 cm³/mol. The van der Waals surface area contributed by atoms with Gasteiger partial charge in [0.1, 0.15) is 24.6 Å². The lowest BCUT2D eigenvalue weighted by Gasteiger charge is -2.17. The van der Waals surface area contributed by atoms with Gasteiger partial charge in [-0.15, -0.1) is 10.2 Å². The van der Waals surface area contributed by atoms with Crippen LogP contribution in [0.15, 0.2) is 24.9 Å². The molecule has 0 bridgehead atoms. The van der Waals surface area contributed by atoms with Gasteiger partial charge < -0.3 is 187 Å². The number of aromatic nitrogens is 6. The molecule has 0 saturated carbocycles. The van der Waals surface area contributed by atoms with Crippen molar-refractivity contribution in [1.29, 1.82) is 0 Å². The monoisotopic (exact) mass is 2080 g/mol. The van der Waals surface area contributed by atoms with Gasteiger partial charge in [0.25, 0.3) is 0 Å². The number of nitrogens with one attached hydrogen (secondary N) is 12. The molecule has 55 nitrogen and oxygen atoms in total. The first-order valence-corrected chi connectivity index (χ1v) is 48.5. The number of hydrogen-bond donors (Lipinski definition) is 14. The van der Waals surface area contributed by atoms with Crippen LogP contribution >= 0.6 is 0 Å². The van der Waals surface area contributed by atoms with Crippen LogP contribution in [0.1, 0.15) is 65.8 Å². The Hall–Kier alpha value is -8.47. The molecule has 144 heavy (non-hydrogen) atoms. The van der Waals surface area contributed by atoms with E-state index in [1.165, 1.54) is 0 Å². The van der Waals surface area contributed by atoms with Crippen LogP contribution in [0, 0.1) is 11.3 Å². The number of carbonyl (C=O) groups is 9. The van der Waals surface area contributed by atoms with Crippen LogP contribution in [0.3, 0.4) is 0 Å². The lowest BCUT2D eigenvalue weighted by Crippen LogP contribution is -2.45. The maximum atomic E-state index is 12.0. The molecule has 2 rings (SSSR count). The molecular formula is C89H170N18O37. The summed E-state index contributed by atoms with van der Waals surface area (Å²) in [6.07, 6.45) is 4.73.